The molecule has 0 amide bonds. The molecule has 298 valence electrons. The molecule has 0 aromatic rings. The molecule has 0 aliphatic carbocycles. The first-order valence-corrected chi connectivity index (χ1v) is 14.2. The van der Waals surface area contributed by atoms with Crippen LogP contribution in [0.3, 0.4) is 0 Å². The van der Waals surface area contributed by atoms with E-state index in [1.807, 2.05) is 0 Å². The Morgan fingerprint density at radius 3 is 1.38 bits per heavy atom. The van der Waals surface area contributed by atoms with Gasteiger partial charge in [-0.15, -0.1) is 0 Å². The highest BCUT2D eigenvalue weighted by Crippen LogP contribution is 2.38. The lowest BCUT2D eigenvalue weighted by Gasteiger charge is -2.28. The van der Waals surface area contributed by atoms with E-state index in [1.165, 1.54) is 0 Å². The van der Waals surface area contributed by atoms with Crippen molar-refractivity contribution < 1.29 is 133 Å². The van der Waals surface area contributed by atoms with Gasteiger partial charge >= 0.3 is 11.9 Å². The predicted octanol–water partition coefficient (Wildman–Crippen LogP) is 10.6. The molecule has 0 radical (unpaired) electrons. The lowest BCUT2D eigenvalue weighted by molar-refractivity contribution is -0.870. The zero-order valence-corrected chi connectivity index (χ0v) is 27.0. The molecule has 10 heteroatoms. The summed E-state index contributed by atoms with van der Waals surface area (Å²) in [6, 6.07) is 0. The van der Waals surface area contributed by atoms with Crippen LogP contribution in [0.4, 0.5) is 0 Å². The fourth-order valence-electron chi connectivity index (χ4n) is 1.77. The Balaban J connectivity index is 8.52. The first-order chi connectivity index (χ1) is 48.8. The van der Waals surface area contributed by atoms with Gasteiger partial charge in [-0.3, -0.25) is 14.2 Å². The van der Waals surface area contributed by atoms with Crippen molar-refractivity contribution in [3.05, 3.63) is 0 Å². The minimum absolute atomic E-state index is 0.879. The van der Waals surface area contributed by atoms with Crippen LogP contribution in [-0.4, -0.2) is 69.9 Å². The molecule has 0 aliphatic rings. The van der Waals surface area contributed by atoms with Crippen LogP contribution in [0, 0.1) is 0 Å². The average molecular weight is 800 g/mol. The second-order valence-electron chi connectivity index (χ2n) is 8.19. The van der Waals surface area contributed by atoms with E-state index in [9.17, 15) is 19.0 Å². The first kappa shape index (κ1) is 8.69. The van der Waals surface area contributed by atoms with Crippen molar-refractivity contribution in [2.24, 2.45) is 0 Å². The molecule has 0 spiro atoms. The van der Waals surface area contributed by atoms with Crippen LogP contribution >= 0.6 is 7.82 Å². The number of nitrogens with zero attached hydrogens (tertiary/aromatic N) is 1. The Kier molecular flexibility index (Phi) is 5.88. The number of esters is 2. The van der Waals surface area contributed by atoms with Gasteiger partial charge in [0.1, 0.15) is 19.7 Å². The van der Waals surface area contributed by atoms with Gasteiger partial charge in [0.25, 0.3) is 7.82 Å². The molecule has 2 atom stereocenters. The second kappa shape index (κ2) is 33.8. The highest BCUT2D eigenvalue weighted by molar-refractivity contribution is 7.45. The monoisotopic (exact) mass is 800 g/mol. The number of phosphoric ester groups is 1. The van der Waals surface area contributed by atoms with Crippen LogP contribution in [-0.2, 0) is 32.7 Å². The number of carbonyl (C=O) groups is 2. The maximum atomic E-state index is 14.0. The first-order valence-electron chi connectivity index (χ1n) is 45.7. The molecular formula is C40H80NO8P. The van der Waals surface area contributed by atoms with Gasteiger partial charge < -0.3 is 27.9 Å². The van der Waals surface area contributed by atoms with Crippen LogP contribution < -0.4 is 4.89 Å². The number of ether oxygens (including phenoxy) is 2. The topological polar surface area (TPSA) is 111 Å². The van der Waals surface area contributed by atoms with E-state index in [0.717, 1.165) is 21.1 Å². The molecule has 0 N–H and O–H groups in total. The van der Waals surface area contributed by atoms with E-state index in [-0.39, 0.29) is 0 Å². The zero-order valence-electron chi connectivity index (χ0n) is 92.2. The Morgan fingerprint density at radius 1 is 0.600 bits per heavy atom. The van der Waals surface area contributed by atoms with E-state index in [0.29, 0.717) is 0 Å². The summed E-state index contributed by atoms with van der Waals surface area (Å²) >= 11 is 0. The van der Waals surface area contributed by atoms with Gasteiger partial charge in [0.2, 0.25) is 0 Å². The van der Waals surface area contributed by atoms with Crippen molar-refractivity contribution in [1.82, 2.24) is 0 Å². The summed E-state index contributed by atoms with van der Waals surface area (Å²) in [5.41, 5.74) is 0. The number of quaternary nitrogens is 1. The second-order valence-corrected chi connectivity index (χ2v) is 9.52. The van der Waals surface area contributed by atoms with Gasteiger partial charge in [-0.05, 0) is 12.7 Å². The Morgan fingerprint density at radius 2 is 0.980 bits per heavy atom. The molecule has 0 aromatic heterocycles. The van der Waals surface area contributed by atoms with E-state index in [4.69, 9.17) is 90.5 Å². The average Bonchev–Trinajstić information content (AvgIpc) is 0.679. The number of carbonyl (C=O) groups excluding carboxylic acids is 2. The molecule has 0 rings (SSSR count). The molecular weight excluding hydrogens is 653 g/mol. The Bertz CT molecular complexity index is 3590. The van der Waals surface area contributed by atoms with Gasteiger partial charge in [0.15, 0.2) is 6.10 Å². The summed E-state index contributed by atoms with van der Waals surface area (Å²) in [4.78, 5) is 41.1. The zero-order chi connectivity index (χ0) is 96.0. The normalized spacial score (nSPS) is 42.3. The number of rotatable bonds is 38. The van der Waals surface area contributed by atoms with E-state index < -0.39 is 249 Å². The van der Waals surface area contributed by atoms with E-state index in [2.05, 4.69) is 18.5 Å². The van der Waals surface area contributed by atoms with Crippen LogP contribution in [0.25, 0.3) is 0 Å². The van der Waals surface area contributed by atoms with E-state index in [1.54, 1.807) is 0 Å². The third-order valence-corrected chi connectivity index (χ3v) is 4.24. The lowest BCUT2D eigenvalue weighted by Crippen LogP contribution is -2.37. The van der Waals surface area contributed by atoms with Gasteiger partial charge in [0.05, 0.1) is 33.2 Å². The summed E-state index contributed by atoms with van der Waals surface area (Å²) in [6.45, 7) is -21.2. The third-order valence-electron chi connectivity index (χ3n) is 3.46. The van der Waals surface area contributed by atoms with Crippen molar-refractivity contribution in [1.29, 1.82) is 0 Å². The maximum Gasteiger partial charge on any atom is 0.306 e. The van der Waals surface area contributed by atoms with Crippen molar-refractivity contribution in [3.8, 4) is 0 Å². The summed E-state index contributed by atoms with van der Waals surface area (Å²) in [6.07, 6.45) is -153. The van der Waals surface area contributed by atoms with Crippen LogP contribution in [0.1, 0.15) is 283 Å². The van der Waals surface area contributed by atoms with Gasteiger partial charge in [0, 0.05) is 97.7 Å². The number of likely N-dealkylation sites (N-methyl/N-ethyl adjacent to an activating group) is 1. The molecule has 0 heterocycles. The smallest absolute Gasteiger partial charge is 0.306 e. The van der Waals surface area contributed by atoms with Crippen molar-refractivity contribution >= 4 is 19.8 Å². The van der Waals surface area contributed by atoms with Gasteiger partial charge in [-0.1, -0.05) is 167 Å². The minimum atomic E-state index is -6.77. The maximum absolute atomic E-state index is 14.0. The SMILES string of the molecule is [2H]C([2H])([2H])C([2H])([2H])C([2H])([2H])C([2H])([2H])C([2H])([2H])C([2H])([2H])C([2H])([2H])C([2H])([2H])C([2H])([2H])C([2H])([2H])C([2H])([2H])C([2H])([2H])C([2H])([2H])C([2H])([2H])C([2H])([2H])C(=O)OC[C@H](COP(=O)([O-])OC([2H])([2H])C([2H])([2H])[N+](C)(C)C)OC(=O)C([2H])([2H])C([2H])([2H])C([2H])([2H])C([2H])([2H])C([2H])([2H])C([2H])([2H])C([2H])([2H])C([2H])([2H])C([2H])([2H])C([2H])([2H])C([2H])([2H])C([2H])([2H])C([2H])([2H])C([2H])([2H])C([2H])([2H])[2H]. The Labute approximate surface area is 401 Å². The quantitative estimate of drug-likeness (QED) is 0.0345. The van der Waals surface area contributed by atoms with Crippen LogP contribution in [0.15, 0.2) is 0 Å². The fraction of sp³-hybridized carbons (Fsp3) is 0.950. The summed E-state index contributed by atoms with van der Waals surface area (Å²) in [7, 11) is -4.13. The van der Waals surface area contributed by atoms with Crippen LogP contribution in [0.5, 0.6) is 0 Å². The summed E-state index contributed by atoms with van der Waals surface area (Å²) in [5, 5.41) is 0. The molecule has 50 heavy (non-hydrogen) atoms. The molecule has 0 saturated heterocycles. The largest absolute Gasteiger partial charge is 0.756 e. The highest BCUT2D eigenvalue weighted by Gasteiger charge is 2.21. The van der Waals surface area contributed by atoms with Crippen molar-refractivity contribution in [2.45, 2.75) is 198 Å². The number of hydrogen-bond acceptors (Lipinski definition) is 8. The highest BCUT2D eigenvalue weighted by atomic mass is 31.2. The molecule has 0 aliphatic heterocycles. The Hall–Kier alpha value is -0.990. The molecule has 0 fully saturated rings. The van der Waals surface area contributed by atoms with Crippen molar-refractivity contribution in [2.75, 3.05) is 47.4 Å². The van der Waals surface area contributed by atoms with Crippen LogP contribution in [0.2, 0.25) is 0 Å². The number of phosphoric acid groups is 1. The predicted molar refractivity (Wildman–Crippen MR) is 204 cm³/mol. The van der Waals surface area contributed by atoms with Gasteiger partial charge in [-0.25, -0.2) is 0 Å². The molecule has 9 nitrogen and oxygen atoms in total. The fourth-order valence-corrected chi connectivity index (χ4v) is 2.32. The standard InChI is InChI=1S/C40H80NO8P/c1-6-8-10-12-14-16-18-20-22-24-26-28-30-32-39(42)46-36-38(37-48-50(44,45)47-35-34-41(3,4)5)49-40(43)33-31-29-27-25-23-21-19-17-15-13-11-9-7-2/h38H,6-37H2,1-5H3/t38-/m1/s1/i1D3,2D3,6D2,7D2,8D2,9D2,10D2,11D2,12D2,13D2,14D2,15D2,16D2,17D2,18D2,19D2,20D2,21D2,22D2,23D2,24D2,25D2,26D2,27D2,28D2,29D2,30D2,31D2,32D2,33D2,34D2,35D2. The summed E-state index contributed by atoms with van der Waals surface area (Å²) in [5.74, 6) is -6.45. The molecule has 0 bridgehead atoms. The van der Waals surface area contributed by atoms with Crippen molar-refractivity contribution in [3.63, 3.8) is 0 Å². The summed E-state index contributed by atoms with van der Waals surface area (Å²) < 4.78 is 571. The number of hydrogen-bond donors (Lipinski definition) is 0. The molecule has 0 aromatic carbocycles. The van der Waals surface area contributed by atoms with Gasteiger partial charge in [-0.2, -0.15) is 0 Å². The molecule has 1 unspecified atom stereocenters. The third kappa shape index (κ3) is 36.8. The lowest BCUT2D eigenvalue weighted by atomic mass is 10.0. The minimum Gasteiger partial charge on any atom is -0.756 e. The molecule has 0 saturated carbocycles. The van der Waals surface area contributed by atoms with E-state index >= 15 is 0 Å².